The van der Waals surface area contributed by atoms with Gasteiger partial charge in [0.05, 0.1) is 0 Å². The Morgan fingerprint density at radius 1 is 0.786 bits per heavy atom. The minimum atomic E-state index is 0.205. The van der Waals surface area contributed by atoms with Crippen molar-refractivity contribution in [3.63, 3.8) is 0 Å². The zero-order valence-electron chi connectivity index (χ0n) is 16.8. The molecular weight excluding hydrogens is 342 g/mol. The molecule has 2 nitrogen and oxygen atoms in total. The minimum absolute atomic E-state index is 0.205. The first-order valence-corrected chi connectivity index (χ1v) is 10.7. The average Bonchev–Trinajstić information content (AvgIpc) is 2.72. The van der Waals surface area contributed by atoms with E-state index in [0.717, 1.165) is 45.1 Å². The molecule has 0 atom stereocenters. The van der Waals surface area contributed by atoms with Crippen LogP contribution in [0.2, 0.25) is 0 Å². The Morgan fingerprint density at radius 3 is 2.29 bits per heavy atom. The summed E-state index contributed by atoms with van der Waals surface area (Å²) in [6, 6.07) is 20.1. The Labute approximate surface area is 167 Å². The first-order chi connectivity index (χ1) is 13.8. The van der Waals surface area contributed by atoms with E-state index in [1.807, 2.05) is 0 Å². The lowest BCUT2D eigenvalue weighted by Gasteiger charge is -2.14. The molecule has 0 aliphatic heterocycles. The molecule has 0 saturated carbocycles. The molecule has 0 heterocycles. The number of carbonyl (C=O) groups is 1. The highest BCUT2D eigenvalue weighted by molar-refractivity contribution is 6.23. The molecule has 0 spiro atoms. The summed E-state index contributed by atoms with van der Waals surface area (Å²) in [7, 11) is 0. The number of hydrogen-bond donors (Lipinski definition) is 1. The number of nitrogens with one attached hydrogen (secondary N) is 1. The zero-order chi connectivity index (χ0) is 19.3. The van der Waals surface area contributed by atoms with E-state index in [-0.39, 0.29) is 5.91 Å². The van der Waals surface area contributed by atoms with E-state index >= 15 is 0 Å². The van der Waals surface area contributed by atoms with Crippen LogP contribution in [0.5, 0.6) is 0 Å². The molecule has 28 heavy (non-hydrogen) atoms. The summed E-state index contributed by atoms with van der Waals surface area (Å²) in [6.07, 6.45) is 7.16. The molecule has 2 heteroatoms. The smallest absolute Gasteiger partial charge is 0.219 e. The zero-order valence-corrected chi connectivity index (χ0v) is 16.8. The van der Waals surface area contributed by atoms with Gasteiger partial charge >= 0.3 is 0 Å². The minimum Gasteiger partial charge on any atom is -0.356 e. The summed E-state index contributed by atoms with van der Waals surface area (Å²) in [6.45, 7) is 2.95. The molecule has 0 aliphatic carbocycles. The molecule has 4 rings (SSSR count). The second kappa shape index (κ2) is 8.60. The van der Waals surface area contributed by atoms with E-state index in [9.17, 15) is 4.79 Å². The van der Waals surface area contributed by atoms with E-state index in [2.05, 4.69) is 66.8 Å². The van der Waals surface area contributed by atoms with E-state index in [4.69, 9.17) is 0 Å². The van der Waals surface area contributed by atoms with Gasteiger partial charge < -0.3 is 5.32 Å². The standard InChI is InChI=1S/C26H29NO/c1-2-3-4-11-24(28)27-18-6-5-8-19-12-13-22-15-14-20-9-7-10-21-16-17-23(19)26(22)25(20)21/h7,9-10,12-17H,2-6,8,11,18H2,1H3,(H,27,28). The first-order valence-electron chi connectivity index (χ1n) is 10.7. The molecule has 0 saturated heterocycles. The number of carbonyl (C=O) groups excluding carboxylic acids is 1. The number of benzene rings is 4. The molecule has 1 N–H and O–H groups in total. The Balaban J connectivity index is 1.43. The van der Waals surface area contributed by atoms with Gasteiger partial charge in [-0.3, -0.25) is 4.79 Å². The van der Waals surface area contributed by atoms with Crippen molar-refractivity contribution in [1.29, 1.82) is 0 Å². The number of rotatable bonds is 9. The van der Waals surface area contributed by atoms with E-state index in [0.29, 0.717) is 6.42 Å². The van der Waals surface area contributed by atoms with Crippen molar-refractivity contribution in [2.45, 2.75) is 51.9 Å². The SMILES string of the molecule is CCCCCC(=O)NCCCCc1ccc2ccc3cccc4ccc1c2c34. The molecule has 0 fully saturated rings. The Hall–Kier alpha value is -2.61. The lowest BCUT2D eigenvalue weighted by atomic mass is 9.90. The predicted octanol–water partition coefficient (Wildman–Crippen LogP) is 6.60. The Kier molecular flexibility index (Phi) is 5.76. The maximum Gasteiger partial charge on any atom is 0.219 e. The Bertz CT molecular complexity index is 1070. The summed E-state index contributed by atoms with van der Waals surface area (Å²) >= 11 is 0. The van der Waals surface area contributed by atoms with Gasteiger partial charge in [-0.1, -0.05) is 74.4 Å². The van der Waals surface area contributed by atoms with Crippen LogP contribution in [0.15, 0.2) is 54.6 Å². The number of aryl methyl sites for hydroxylation is 1. The van der Waals surface area contributed by atoms with Crippen LogP contribution in [0.25, 0.3) is 32.3 Å². The van der Waals surface area contributed by atoms with Gasteiger partial charge in [-0.15, -0.1) is 0 Å². The van der Waals surface area contributed by atoms with Gasteiger partial charge in [0, 0.05) is 13.0 Å². The fraction of sp³-hybridized carbons (Fsp3) is 0.346. The highest BCUT2D eigenvalue weighted by atomic mass is 16.1. The predicted molar refractivity (Wildman–Crippen MR) is 120 cm³/mol. The van der Waals surface area contributed by atoms with Crippen LogP contribution in [0.3, 0.4) is 0 Å². The first kappa shape index (κ1) is 18.7. The van der Waals surface area contributed by atoms with Crippen molar-refractivity contribution in [3.05, 3.63) is 60.2 Å². The van der Waals surface area contributed by atoms with Crippen molar-refractivity contribution < 1.29 is 4.79 Å². The molecule has 144 valence electrons. The van der Waals surface area contributed by atoms with Crippen molar-refractivity contribution in [2.24, 2.45) is 0 Å². The monoisotopic (exact) mass is 371 g/mol. The van der Waals surface area contributed by atoms with Crippen LogP contribution in [0.1, 0.15) is 51.0 Å². The molecule has 0 unspecified atom stereocenters. The van der Waals surface area contributed by atoms with Gasteiger partial charge in [-0.25, -0.2) is 0 Å². The molecule has 4 aromatic rings. The van der Waals surface area contributed by atoms with Gasteiger partial charge in [0.25, 0.3) is 0 Å². The largest absolute Gasteiger partial charge is 0.356 e. The van der Waals surface area contributed by atoms with Crippen molar-refractivity contribution in [1.82, 2.24) is 5.32 Å². The average molecular weight is 372 g/mol. The highest BCUT2D eigenvalue weighted by Gasteiger charge is 2.10. The molecule has 0 bridgehead atoms. The quantitative estimate of drug-likeness (QED) is 0.260. The van der Waals surface area contributed by atoms with Crippen molar-refractivity contribution in [3.8, 4) is 0 Å². The molecule has 0 aromatic heterocycles. The van der Waals surface area contributed by atoms with Gasteiger partial charge in [-0.2, -0.15) is 0 Å². The summed E-state index contributed by atoms with van der Waals surface area (Å²) < 4.78 is 0. The molecule has 1 amide bonds. The van der Waals surface area contributed by atoms with Gasteiger partial charge in [-0.05, 0) is 63.6 Å². The third kappa shape index (κ3) is 3.82. The van der Waals surface area contributed by atoms with Gasteiger partial charge in [0.1, 0.15) is 0 Å². The van der Waals surface area contributed by atoms with Crippen LogP contribution in [-0.2, 0) is 11.2 Å². The number of amides is 1. The molecule has 4 aromatic carbocycles. The van der Waals surface area contributed by atoms with Crippen LogP contribution in [0, 0.1) is 0 Å². The summed E-state index contributed by atoms with van der Waals surface area (Å²) in [5.74, 6) is 0.205. The maximum atomic E-state index is 11.8. The van der Waals surface area contributed by atoms with E-state index in [1.54, 1.807) is 0 Å². The number of unbranched alkanes of at least 4 members (excludes halogenated alkanes) is 3. The molecule has 0 aliphatic rings. The second-order valence-corrected chi connectivity index (χ2v) is 7.84. The summed E-state index contributed by atoms with van der Waals surface area (Å²) in [5.41, 5.74) is 1.42. The van der Waals surface area contributed by atoms with Crippen LogP contribution < -0.4 is 5.32 Å². The summed E-state index contributed by atoms with van der Waals surface area (Å²) in [5, 5.41) is 11.2. The highest BCUT2D eigenvalue weighted by Crippen LogP contribution is 2.36. The second-order valence-electron chi connectivity index (χ2n) is 7.84. The Morgan fingerprint density at radius 2 is 1.50 bits per heavy atom. The number of hydrogen-bond acceptors (Lipinski definition) is 1. The fourth-order valence-electron chi connectivity index (χ4n) is 4.31. The van der Waals surface area contributed by atoms with Crippen LogP contribution in [0.4, 0.5) is 0 Å². The van der Waals surface area contributed by atoms with Crippen LogP contribution in [-0.4, -0.2) is 12.5 Å². The third-order valence-electron chi connectivity index (χ3n) is 5.82. The van der Waals surface area contributed by atoms with E-state index in [1.165, 1.54) is 37.9 Å². The van der Waals surface area contributed by atoms with Crippen LogP contribution >= 0.6 is 0 Å². The lowest BCUT2D eigenvalue weighted by Crippen LogP contribution is -2.24. The van der Waals surface area contributed by atoms with Gasteiger partial charge in [0.2, 0.25) is 5.91 Å². The maximum absolute atomic E-state index is 11.8. The van der Waals surface area contributed by atoms with E-state index < -0.39 is 0 Å². The fourth-order valence-corrected chi connectivity index (χ4v) is 4.31. The summed E-state index contributed by atoms with van der Waals surface area (Å²) in [4.78, 5) is 11.8. The van der Waals surface area contributed by atoms with Gasteiger partial charge in [0.15, 0.2) is 0 Å². The third-order valence-corrected chi connectivity index (χ3v) is 5.82. The topological polar surface area (TPSA) is 29.1 Å². The molecular formula is C26H29NO. The van der Waals surface area contributed by atoms with Crippen molar-refractivity contribution >= 4 is 38.2 Å². The molecule has 0 radical (unpaired) electrons. The van der Waals surface area contributed by atoms with Crippen molar-refractivity contribution in [2.75, 3.05) is 6.54 Å². The normalized spacial score (nSPS) is 11.6. The lowest BCUT2D eigenvalue weighted by molar-refractivity contribution is -0.121.